The number of aromatic nitrogens is 3. The van der Waals surface area contributed by atoms with Gasteiger partial charge in [-0.2, -0.15) is 6.07 Å². The first kappa shape index (κ1) is 43.0. The van der Waals surface area contributed by atoms with E-state index in [9.17, 15) is 0 Å². The van der Waals surface area contributed by atoms with Crippen LogP contribution in [0.15, 0.2) is 151 Å². The Hall–Kier alpha value is -6.55. The predicted molar refractivity (Wildman–Crippen MR) is 272 cm³/mol. The van der Waals surface area contributed by atoms with Gasteiger partial charge in [-0.15, -0.1) is 35.2 Å². The zero-order valence-corrected chi connectivity index (χ0v) is 40.9. The summed E-state index contributed by atoms with van der Waals surface area (Å²) in [5.41, 5.74) is 18.8. The second-order valence-electron chi connectivity index (χ2n) is 18.9. The Morgan fingerprint density at radius 2 is 1.28 bits per heavy atom. The van der Waals surface area contributed by atoms with Gasteiger partial charge in [0.05, 0.1) is 11.6 Å². The molecular weight excluding hydrogens is 1000 g/mol. The Morgan fingerprint density at radius 1 is 0.567 bits per heavy atom. The number of ether oxygens (including phenoxy) is 1. The van der Waals surface area contributed by atoms with Gasteiger partial charge in [-0.25, -0.2) is 4.98 Å². The van der Waals surface area contributed by atoms with Crippen LogP contribution in [0.2, 0.25) is 0 Å². The van der Waals surface area contributed by atoms with Gasteiger partial charge < -0.3 is 13.9 Å². The number of fused-ring (bicyclic) bond motifs is 6. The van der Waals surface area contributed by atoms with Gasteiger partial charge >= 0.3 is 21.1 Å². The fourth-order valence-electron chi connectivity index (χ4n) is 11.4. The second kappa shape index (κ2) is 17.3. The van der Waals surface area contributed by atoms with Gasteiger partial charge in [0.2, 0.25) is 0 Å². The molecule has 0 unspecified atom stereocenters. The summed E-state index contributed by atoms with van der Waals surface area (Å²) >= 11 is 0. The third kappa shape index (κ3) is 7.43. The standard InChI is InChI=1S/C61H52N4O.Pt/c1-37-23-25-53-50(30-37)51-31-39(3)55(65-54-26-24-45(42-16-9-6-10-17-42)35-52(54)49-22-15-27-62-60(49)65)36-56(51)64(53)48-33-46(57-40(4)28-38(2)29-41(57)5)32-47(34-48)61-63-58(43-18-11-7-12-19-43)59(66-61)44-20-13-8-14-21-44;/h6,8-10,13-17,20-33,35,43,58-59H,7,11-12,18-19H2,1-5H3;/q-2;+2/t58-,59-;/m1./s1. The molecule has 0 spiro atoms. The molecule has 0 saturated heterocycles. The average molecular weight is 1050 g/mol. The van der Waals surface area contributed by atoms with Crippen molar-refractivity contribution in [3.8, 4) is 33.6 Å². The Labute approximate surface area is 407 Å². The van der Waals surface area contributed by atoms with Crippen molar-refractivity contribution in [1.29, 1.82) is 0 Å². The first-order chi connectivity index (χ1) is 32.3. The number of aliphatic imine (C=N–C) groups is 1. The maximum absolute atomic E-state index is 7.13. The van der Waals surface area contributed by atoms with E-state index in [1.165, 1.54) is 82.0 Å². The van der Waals surface area contributed by atoms with Crippen molar-refractivity contribution in [2.24, 2.45) is 10.9 Å². The summed E-state index contributed by atoms with van der Waals surface area (Å²) in [4.78, 5) is 10.6. The summed E-state index contributed by atoms with van der Waals surface area (Å²) in [7, 11) is 0. The molecule has 2 atom stereocenters. The van der Waals surface area contributed by atoms with Crippen molar-refractivity contribution >= 4 is 49.6 Å². The largest absolute Gasteiger partial charge is 2.00 e. The van der Waals surface area contributed by atoms with Crippen molar-refractivity contribution in [1.82, 2.24) is 14.1 Å². The average Bonchev–Trinajstić information content (AvgIpc) is 4.02. The Balaban J connectivity index is 0.00000494. The summed E-state index contributed by atoms with van der Waals surface area (Å²) in [5.74, 6) is 1.15. The molecule has 1 saturated carbocycles. The molecule has 5 nitrogen and oxygen atoms in total. The molecule has 0 N–H and O–H groups in total. The van der Waals surface area contributed by atoms with Crippen LogP contribution in [0.5, 0.6) is 0 Å². The molecular formula is C61H52N4OPt. The number of pyridine rings is 1. The Bertz CT molecular complexity index is 3540. The number of rotatable bonds is 7. The molecule has 0 amide bonds. The van der Waals surface area contributed by atoms with E-state index in [1.807, 2.05) is 12.3 Å². The smallest absolute Gasteiger partial charge is 0.510 e. The van der Waals surface area contributed by atoms with Gasteiger partial charge in [0.25, 0.3) is 0 Å². The van der Waals surface area contributed by atoms with Crippen LogP contribution in [-0.4, -0.2) is 26.1 Å². The minimum atomic E-state index is -0.147. The van der Waals surface area contributed by atoms with E-state index in [-0.39, 0.29) is 33.2 Å². The molecule has 1 aliphatic carbocycles. The van der Waals surface area contributed by atoms with Crippen LogP contribution in [0.25, 0.3) is 77.4 Å². The first-order valence-corrected chi connectivity index (χ1v) is 23.7. The SMILES string of the molecule is Cc1cc(C)c(-c2cc(C3=N[C@H](C4CCCCC4)[C@@H](c4ccccc4)O3)[c-]c(-n3c4[c-]c(-n5c6ccc(-c7ccccc7)cc6c6cccnc65)c(C)cc4c4cc(C)ccc43)c2)c(C)c1.[Pt+2]. The van der Waals surface area contributed by atoms with Gasteiger partial charge in [0.15, 0.2) is 0 Å². The monoisotopic (exact) mass is 1050 g/mol. The number of aryl methyl sites for hydroxylation is 5. The zero-order chi connectivity index (χ0) is 44.6. The molecule has 332 valence electrons. The molecule has 0 bridgehead atoms. The molecule has 10 aromatic rings. The van der Waals surface area contributed by atoms with Crippen molar-refractivity contribution in [3.63, 3.8) is 0 Å². The number of hydrogen-bond donors (Lipinski definition) is 0. The van der Waals surface area contributed by atoms with Crippen LogP contribution in [0.4, 0.5) is 0 Å². The summed E-state index contributed by atoms with van der Waals surface area (Å²) in [6.07, 6.45) is 7.90. The van der Waals surface area contributed by atoms with Gasteiger partial charge in [0, 0.05) is 22.5 Å². The molecule has 6 heteroatoms. The first-order valence-electron chi connectivity index (χ1n) is 23.7. The van der Waals surface area contributed by atoms with Crippen LogP contribution >= 0.6 is 0 Å². The maximum atomic E-state index is 7.13. The third-order valence-corrected chi connectivity index (χ3v) is 14.4. The van der Waals surface area contributed by atoms with E-state index in [2.05, 4.69) is 189 Å². The van der Waals surface area contributed by atoms with Crippen molar-refractivity contribution in [3.05, 3.63) is 197 Å². The number of nitrogens with zero attached hydrogens (tertiary/aromatic N) is 4. The minimum Gasteiger partial charge on any atom is -0.510 e. The van der Waals surface area contributed by atoms with E-state index in [0.717, 1.165) is 66.4 Å². The fourth-order valence-corrected chi connectivity index (χ4v) is 11.4. The van der Waals surface area contributed by atoms with Crippen molar-refractivity contribution < 1.29 is 25.8 Å². The molecule has 1 fully saturated rings. The summed E-state index contributed by atoms with van der Waals surface area (Å²) < 4.78 is 11.8. The van der Waals surface area contributed by atoms with Gasteiger partial charge in [-0.3, -0.25) is 4.99 Å². The van der Waals surface area contributed by atoms with Gasteiger partial charge in [0.1, 0.15) is 17.6 Å². The summed E-state index contributed by atoms with van der Waals surface area (Å²) in [6, 6.07) is 58.7. The third-order valence-electron chi connectivity index (χ3n) is 14.4. The molecule has 0 radical (unpaired) electrons. The number of hydrogen-bond acceptors (Lipinski definition) is 3. The molecule has 1 aliphatic heterocycles. The van der Waals surface area contributed by atoms with Crippen LogP contribution in [0.3, 0.4) is 0 Å². The normalized spacial score (nSPS) is 16.5. The molecule has 3 aromatic heterocycles. The molecule has 4 heterocycles. The number of benzene rings is 7. The van der Waals surface area contributed by atoms with Gasteiger partial charge in [-0.05, 0) is 121 Å². The summed E-state index contributed by atoms with van der Waals surface area (Å²) in [5, 5.41) is 4.61. The Morgan fingerprint density at radius 3 is 2.06 bits per heavy atom. The van der Waals surface area contributed by atoms with E-state index < -0.39 is 0 Å². The van der Waals surface area contributed by atoms with E-state index in [1.54, 1.807) is 0 Å². The topological polar surface area (TPSA) is 44.3 Å². The summed E-state index contributed by atoms with van der Waals surface area (Å²) in [6.45, 7) is 11.0. The predicted octanol–water partition coefficient (Wildman–Crippen LogP) is 15.2. The minimum absolute atomic E-state index is 0. The molecule has 2 aliphatic rings. The van der Waals surface area contributed by atoms with Crippen molar-refractivity contribution in [2.75, 3.05) is 0 Å². The van der Waals surface area contributed by atoms with E-state index >= 15 is 0 Å². The second-order valence-corrected chi connectivity index (χ2v) is 18.9. The Kier molecular flexibility index (Phi) is 11.1. The van der Waals surface area contributed by atoms with E-state index in [0.29, 0.717) is 11.8 Å². The van der Waals surface area contributed by atoms with E-state index in [4.69, 9.17) is 14.7 Å². The van der Waals surface area contributed by atoms with Crippen LogP contribution < -0.4 is 0 Å². The van der Waals surface area contributed by atoms with Crippen molar-refractivity contribution in [2.45, 2.75) is 78.9 Å². The van der Waals surface area contributed by atoms with Gasteiger partial charge in [-0.1, -0.05) is 151 Å². The molecule has 67 heavy (non-hydrogen) atoms. The van der Waals surface area contributed by atoms with Crippen LogP contribution in [0, 0.1) is 52.7 Å². The van der Waals surface area contributed by atoms with Crippen LogP contribution in [0.1, 0.15) is 77.2 Å². The van der Waals surface area contributed by atoms with Crippen LogP contribution in [-0.2, 0) is 25.8 Å². The maximum Gasteiger partial charge on any atom is 2.00 e. The molecule has 7 aromatic carbocycles. The quantitative estimate of drug-likeness (QED) is 0.149. The molecule has 12 rings (SSSR count). The fraction of sp³-hybridized carbons (Fsp3) is 0.213. The zero-order valence-electron chi connectivity index (χ0n) is 38.6.